The third-order valence-corrected chi connectivity index (χ3v) is 3.07. The van der Waals surface area contributed by atoms with Crippen molar-refractivity contribution in [2.24, 2.45) is 0 Å². The molecule has 0 radical (unpaired) electrons. The molecule has 0 unspecified atom stereocenters. The highest BCUT2D eigenvalue weighted by atomic mass is 14.1. The van der Waals surface area contributed by atoms with Crippen LogP contribution in [0.2, 0.25) is 0 Å². The smallest absolute Gasteiger partial charge is 0.0151 e. The van der Waals surface area contributed by atoms with Gasteiger partial charge in [0.05, 0.1) is 0 Å². The lowest BCUT2D eigenvalue weighted by atomic mass is 9.95. The third-order valence-electron chi connectivity index (χ3n) is 3.07. The topological polar surface area (TPSA) is 0 Å². The van der Waals surface area contributed by atoms with Crippen LogP contribution in [0.5, 0.6) is 0 Å². The van der Waals surface area contributed by atoms with Crippen LogP contribution in [0.1, 0.15) is 49.4 Å². The Hall–Kier alpha value is -1.82. The summed E-state index contributed by atoms with van der Waals surface area (Å²) in [5, 5.41) is 0. The van der Waals surface area contributed by atoms with E-state index in [4.69, 9.17) is 0 Å². The van der Waals surface area contributed by atoms with E-state index in [0.29, 0.717) is 0 Å². The molecule has 0 heterocycles. The van der Waals surface area contributed by atoms with Gasteiger partial charge in [0.1, 0.15) is 0 Å². The second kappa shape index (κ2) is 8.37. The predicted octanol–water partition coefficient (Wildman–Crippen LogP) is 6.17. The highest BCUT2D eigenvalue weighted by molar-refractivity contribution is 5.80. The number of rotatable bonds is 3. The minimum absolute atomic E-state index is 1.05. The number of allylic oxidation sites excluding steroid dienone is 1. The normalized spacial score (nSPS) is 9.45. The summed E-state index contributed by atoms with van der Waals surface area (Å²) in [6.07, 6.45) is 3.36. The van der Waals surface area contributed by atoms with Gasteiger partial charge in [-0.05, 0) is 37.0 Å². The van der Waals surface area contributed by atoms with Crippen LogP contribution in [0.3, 0.4) is 0 Å². The van der Waals surface area contributed by atoms with Crippen LogP contribution in [-0.2, 0) is 0 Å². The Bertz CT molecular complexity index is 514. The molecule has 2 aromatic carbocycles. The third kappa shape index (κ3) is 4.38. The van der Waals surface area contributed by atoms with Crippen LogP contribution in [0, 0.1) is 13.8 Å². The molecule has 0 saturated carbocycles. The summed E-state index contributed by atoms with van der Waals surface area (Å²) in [6.45, 7) is 10.5. The highest BCUT2D eigenvalue weighted by Crippen LogP contribution is 2.25. The van der Waals surface area contributed by atoms with Crippen molar-refractivity contribution in [3.8, 4) is 0 Å². The van der Waals surface area contributed by atoms with E-state index in [1.54, 1.807) is 0 Å². The summed E-state index contributed by atoms with van der Waals surface area (Å²) >= 11 is 0. The van der Waals surface area contributed by atoms with E-state index in [0.717, 1.165) is 6.42 Å². The molecule has 0 bridgehead atoms. The van der Waals surface area contributed by atoms with Crippen molar-refractivity contribution < 1.29 is 0 Å². The van der Waals surface area contributed by atoms with Gasteiger partial charge in [0.2, 0.25) is 0 Å². The van der Waals surface area contributed by atoms with E-state index in [1.807, 2.05) is 13.8 Å². The first-order valence-electron chi connectivity index (χ1n) is 7.55. The Morgan fingerprint density at radius 2 is 1.30 bits per heavy atom. The lowest BCUT2D eigenvalue weighted by Crippen LogP contribution is -1.89. The first-order valence-corrected chi connectivity index (χ1v) is 7.55. The number of aryl methyl sites for hydroxylation is 2. The van der Waals surface area contributed by atoms with Crippen LogP contribution in [0.15, 0.2) is 54.6 Å². The zero-order valence-electron chi connectivity index (χ0n) is 13.4. The molecule has 20 heavy (non-hydrogen) atoms. The first-order chi connectivity index (χ1) is 9.70. The lowest BCUT2D eigenvalue weighted by molar-refractivity contribution is 1.22. The molecule has 0 fully saturated rings. The maximum atomic E-state index is 2.31. The summed E-state index contributed by atoms with van der Waals surface area (Å²) in [4.78, 5) is 0. The second-order valence-electron chi connectivity index (χ2n) is 4.77. The minimum Gasteiger partial charge on any atom is -0.0763 e. The Morgan fingerprint density at radius 3 is 1.65 bits per heavy atom. The van der Waals surface area contributed by atoms with E-state index >= 15 is 0 Å². The molecule has 2 rings (SSSR count). The number of benzene rings is 2. The molecular weight excluding hydrogens is 240 g/mol. The Kier molecular flexibility index (Phi) is 6.79. The van der Waals surface area contributed by atoms with Gasteiger partial charge < -0.3 is 0 Å². The van der Waals surface area contributed by atoms with Crippen molar-refractivity contribution >= 4 is 5.57 Å². The van der Waals surface area contributed by atoms with Crippen molar-refractivity contribution in [3.63, 3.8) is 0 Å². The summed E-state index contributed by atoms with van der Waals surface area (Å²) in [7, 11) is 0. The molecule has 0 aliphatic rings. The Balaban J connectivity index is 0.000000956. The lowest BCUT2D eigenvalue weighted by Gasteiger charge is -2.10. The summed E-state index contributed by atoms with van der Waals surface area (Å²) in [5.74, 6) is 0. The molecule has 0 aliphatic carbocycles. The predicted molar refractivity (Wildman–Crippen MR) is 91.1 cm³/mol. The van der Waals surface area contributed by atoms with Gasteiger partial charge in [-0.2, -0.15) is 0 Å². The van der Waals surface area contributed by atoms with Gasteiger partial charge in [0.15, 0.2) is 0 Å². The van der Waals surface area contributed by atoms with Crippen LogP contribution < -0.4 is 0 Å². The van der Waals surface area contributed by atoms with Crippen LogP contribution in [-0.4, -0.2) is 0 Å². The fraction of sp³-hybridized carbons (Fsp3) is 0.300. The van der Waals surface area contributed by atoms with Gasteiger partial charge in [-0.3, -0.25) is 0 Å². The van der Waals surface area contributed by atoms with E-state index in [-0.39, 0.29) is 0 Å². The molecule has 0 N–H and O–H groups in total. The Labute approximate surface area is 124 Å². The van der Waals surface area contributed by atoms with Gasteiger partial charge in [0, 0.05) is 0 Å². The van der Waals surface area contributed by atoms with E-state index < -0.39 is 0 Å². The number of hydrogen-bond donors (Lipinski definition) is 0. The van der Waals surface area contributed by atoms with Crippen molar-refractivity contribution in [1.29, 1.82) is 0 Å². The summed E-state index contributed by atoms with van der Waals surface area (Å²) in [5.41, 5.74) is 6.57. The monoisotopic (exact) mass is 266 g/mol. The van der Waals surface area contributed by atoms with E-state index in [1.165, 1.54) is 27.8 Å². The molecule has 0 saturated heterocycles. The average Bonchev–Trinajstić information content (AvgIpc) is 2.47. The Morgan fingerprint density at radius 1 is 0.850 bits per heavy atom. The maximum absolute atomic E-state index is 2.31. The molecule has 0 amide bonds. The SMILES string of the molecule is CC.CCC=C(c1cccc(C)c1)c1cccc(C)c1. The molecule has 0 aromatic heterocycles. The standard InChI is InChI=1S/C18H20.C2H6/c1-4-7-18(16-10-5-8-14(2)12-16)17-11-6-9-15(3)13-17;1-2/h5-13H,4H2,1-3H3;1-2H3. The van der Waals surface area contributed by atoms with Gasteiger partial charge in [-0.25, -0.2) is 0 Å². The van der Waals surface area contributed by atoms with Gasteiger partial charge >= 0.3 is 0 Å². The van der Waals surface area contributed by atoms with Crippen molar-refractivity contribution in [1.82, 2.24) is 0 Å². The van der Waals surface area contributed by atoms with Gasteiger partial charge in [0.25, 0.3) is 0 Å². The number of hydrogen-bond acceptors (Lipinski definition) is 0. The minimum atomic E-state index is 1.05. The van der Waals surface area contributed by atoms with Crippen LogP contribution in [0.25, 0.3) is 5.57 Å². The molecule has 0 nitrogen and oxygen atoms in total. The van der Waals surface area contributed by atoms with Crippen molar-refractivity contribution in [2.75, 3.05) is 0 Å². The molecule has 0 heteroatoms. The largest absolute Gasteiger partial charge is 0.0763 e. The fourth-order valence-corrected chi connectivity index (χ4v) is 2.23. The zero-order chi connectivity index (χ0) is 15.0. The molecular formula is C20H26. The quantitative estimate of drug-likeness (QED) is 0.623. The highest BCUT2D eigenvalue weighted by Gasteiger charge is 2.04. The van der Waals surface area contributed by atoms with Crippen LogP contribution >= 0.6 is 0 Å². The van der Waals surface area contributed by atoms with Crippen molar-refractivity contribution in [3.05, 3.63) is 76.9 Å². The second-order valence-corrected chi connectivity index (χ2v) is 4.77. The fourth-order valence-electron chi connectivity index (χ4n) is 2.23. The average molecular weight is 266 g/mol. The molecule has 0 aliphatic heterocycles. The molecule has 0 atom stereocenters. The molecule has 106 valence electrons. The van der Waals surface area contributed by atoms with Crippen LogP contribution in [0.4, 0.5) is 0 Å². The van der Waals surface area contributed by atoms with Crippen molar-refractivity contribution in [2.45, 2.75) is 41.0 Å². The maximum Gasteiger partial charge on any atom is -0.0151 e. The molecule has 0 spiro atoms. The molecule has 2 aromatic rings. The summed E-state index contributed by atoms with van der Waals surface area (Å²) < 4.78 is 0. The van der Waals surface area contributed by atoms with Gasteiger partial charge in [-0.15, -0.1) is 0 Å². The van der Waals surface area contributed by atoms with Gasteiger partial charge in [-0.1, -0.05) is 86.5 Å². The first kappa shape index (κ1) is 16.2. The van der Waals surface area contributed by atoms with E-state index in [2.05, 4.69) is 75.4 Å². The summed E-state index contributed by atoms with van der Waals surface area (Å²) in [6, 6.07) is 17.4. The zero-order valence-corrected chi connectivity index (χ0v) is 13.4. The van der Waals surface area contributed by atoms with E-state index in [9.17, 15) is 0 Å².